The molecule has 0 unspecified atom stereocenters. The predicted octanol–water partition coefficient (Wildman–Crippen LogP) is 4.24. The summed E-state index contributed by atoms with van der Waals surface area (Å²) in [7, 11) is 1.68. The number of methoxy groups -OCH3 is 1. The molecule has 9 heteroatoms. The number of rotatable bonds is 9. The van der Waals surface area contributed by atoms with Gasteiger partial charge in [-0.25, -0.2) is 4.68 Å². The Balaban J connectivity index is 1.34. The lowest BCUT2D eigenvalue weighted by atomic mass is 10.0. The zero-order chi connectivity index (χ0) is 28.2. The lowest BCUT2D eigenvalue weighted by Gasteiger charge is -2.39. The first-order chi connectivity index (χ1) is 20.1. The van der Waals surface area contributed by atoms with Crippen LogP contribution < -0.4 is 15.2 Å². The Bertz CT molecular complexity index is 1660. The number of anilines is 1. The van der Waals surface area contributed by atoms with Crippen LogP contribution in [-0.2, 0) is 19.4 Å². The van der Waals surface area contributed by atoms with Crippen molar-refractivity contribution in [3.8, 4) is 5.75 Å². The third-order valence-corrected chi connectivity index (χ3v) is 8.02. The van der Waals surface area contributed by atoms with Gasteiger partial charge in [-0.3, -0.25) is 9.69 Å². The molecule has 0 amide bonds. The van der Waals surface area contributed by atoms with E-state index in [-0.39, 0.29) is 11.6 Å². The highest BCUT2D eigenvalue weighted by Gasteiger charge is 2.32. The van der Waals surface area contributed by atoms with E-state index in [1.165, 1.54) is 11.1 Å². The maximum absolute atomic E-state index is 13.6. The number of nitrogens with zero attached hydrogens (tertiary/aromatic N) is 6. The van der Waals surface area contributed by atoms with Crippen molar-refractivity contribution in [2.75, 3.05) is 38.2 Å². The molecule has 0 radical (unpaired) electrons. The van der Waals surface area contributed by atoms with Gasteiger partial charge in [0.25, 0.3) is 5.56 Å². The minimum absolute atomic E-state index is 0.109. The molecule has 0 saturated carbocycles. The number of piperazine rings is 1. The Morgan fingerprint density at radius 3 is 2.44 bits per heavy atom. The van der Waals surface area contributed by atoms with Crippen LogP contribution in [0.25, 0.3) is 10.9 Å². The molecule has 1 atom stereocenters. The smallest absolute Gasteiger partial charge is 0.253 e. The summed E-state index contributed by atoms with van der Waals surface area (Å²) < 4.78 is 7.19. The van der Waals surface area contributed by atoms with Crippen molar-refractivity contribution in [3.63, 3.8) is 0 Å². The summed E-state index contributed by atoms with van der Waals surface area (Å²) in [6.45, 7) is 5.92. The van der Waals surface area contributed by atoms with Crippen molar-refractivity contribution in [3.05, 3.63) is 112 Å². The van der Waals surface area contributed by atoms with E-state index in [4.69, 9.17) is 4.74 Å². The van der Waals surface area contributed by atoms with Crippen LogP contribution in [-0.4, -0.2) is 63.4 Å². The molecule has 6 rings (SSSR count). The van der Waals surface area contributed by atoms with Crippen molar-refractivity contribution in [2.24, 2.45) is 0 Å². The molecule has 3 aromatic carbocycles. The Hall–Kier alpha value is -4.50. The average Bonchev–Trinajstić information content (AvgIpc) is 3.49. The molecule has 1 fully saturated rings. The van der Waals surface area contributed by atoms with Gasteiger partial charge >= 0.3 is 0 Å². The van der Waals surface area contributed by atoms with Gasteiger partial charge in [-0.1, -0.05) is 43.3 Å². The highest BCUT2D eigenvalue weighted by molar-refractivity contribution is 5.80. The standard InChI is InChI=1S/C32H35N7O2/c1-3-23-9-14-29-25(21-23)22-28(32(40)33-29)30(31-34-35-36-39(31)16-15-24-7-5-4-6-8-24)38-19-17-37(18-20-38)26-10-12-27(41-2)13-11-26/h4-14,21-22,30H,3,15-20H2,1-2H3,(H,33,40)/t30-/m1/s1. The Labute approximate surface area is 239 Å². The van der Waals surface area contributed by atoms with E-state index in [2.05, 4.69) is 73.6 Å². The van der Waals surface area contributed by atoms with E-state index < -0.39 is 0 Å². The van der Waals surface area contributed by atoms with Crippen molar-refractivity contribution in [1.29, 1.82) is 0 Å². The van der Waals surface area contributed by atoms with Crippen molar-refractivity contribution < 1.29 is 4.74 Å². The highest BCUT2D eigenvalue weighted by atomic mass is 16.5. The molecule has 0 aliphatic carbocycles. The zero-order valence-electron chi connectivity index (χ0n) is 23.5. The van der Waals surface area contributed by atoms with Crippen LogP contribution in [0.15, 0.2) is 83.7 Å². The second-order valence-electron chi connectivity index (χ2n) is 10.4. The second-order valence-corrected chi connectivity index (χ2v) is 10.4. The molecule has 9 nitrogen and oxygen atoms in total. The minimum Gasteiger partial charge on any atom is -0.497 e. The predicted molar refractivity (Wildman–Crippen MR) is 161 cm³/mol. The number of aryl methyl sites for hydroxylation is 3. The van der Waals surface area contributed by atoms with Crippen LogP contribution in [0.5, 0.6) is 5.75 Å². The van der Waals surface area contributed by atoms with Crippen LogP contribution in [0.1, 0.15) is 35.5 Å². The van der Waals surface area contributed by atoms with Gasteiger partial charge in [-0.2, -0.15) is 0 Å². The number of hydrogen-bond acceptors (Lipinski definition) is 7. The summed E-state index contributed by atoms with van der Waals surface area (Å²) in [5.74, 6) is 1.53. The second kappa shape index (κ2) is 11.9. The molecule has 2 aromatic heterocycles. The molecule has 1 saturated heterocycles. The Morgan fingerprint density at radius 1 is 0.927 bits per heavy atom. The molecule has 0 spiro atoms. The lowest BCUT2D eigenvalue weighted by molar-refractivity contribution is 0.199. The van der Waals surface area contributed by atoms with E-state index >= 15 is 0 Å². The van der Waals surface area contributed by atoms with Crippen LogP contribution >= 0.6 is 0 Å². The number of ether oxygens (including phenoxy) is 1. The zero-order valence-corrected chi connectivity index (χ0v) is 23.5. The van der Waals surface area contributed by atoms with Crippen LogP contribution in [0.3, 0.4) is 0 Å². The molecule has 3 heterocycles. The minimum atomic E-state index is -0.378. The normalized spacial score (nSPS) is 14.8. The number of benzene rings is 3. The topological polar surface area (TPSA) is 92.2 Å². The fourth-order valence-corrected chi connectivity index (χ4v) is 5.67. The molecular weight excluding hydrogens is 514 g/mol. The molecule has 1 aliphatic rings. The fraction of sp³-hybridized carbons (Fsp3) is 0.312. The van der Waals surface area contributed by atoms with Crippen molar-refractivity contribution in [1.82, 2.24) is 30.1 Å². The Kier molecular flexibility index (Phi) is 7.78. The molecule has 41 heavy (non-hydrogen) atoms. The van der Waals surface area contributed by atoms with Crippen molar-refractivity contribution in [2.45, 2.75) is 32.4 Å². The maximum Gasteiger partial charge on any atom is 0.253 e. The van der Waals surface area contributed by atoms with E-state index in [0.717, 1.165) is 61.4 Å². The third kappa shape index (κ3) is 5.71. The number of aromatic amines is 1. The van der Waals surface area contributed by atoms with Gasteiger partial charge in [0.2, 0.25) is 0 Å². The number of nitrogens with one attached hydrogen (secondary N) is 1. The number of H-pyrrole nitrogens is 1. The first kappa shape index (κ1) is 26.7. The van der Waals surface area contributed by atoms with Gasteiger partial charge in [0.1, 0.15) is 11.8 Å². The van der Waals surface area contributed by atoms with Crippen LogP contribution in [0.4, 0.5) is 5.69 Å². The number of aromatic nitrogens is 5. The largest absolute Gasteiger partial charge is 0.497 e. The highest BCUT2D eigenvalue weighted by Crippen LogP contribution is 2.29. The molecule has 210 valence electrons. The van der Waals surface area contributed by atoms with E-state index in [9.17, 15) is 4.79 Å². The van der Waals surface area contributed by atoms with Crippen LogP contribution in [0.2, 0.25) is 0 Å². The first-order valence-corrected chi connectivity index (χ1v) is 14.2. The molecular formula is C32H35N7O2. The van der Waals surface area contributed by atoms with Gasteiger partial charge in [-0.05, 0) is 82.2 Å². The van der Waals surface area contributed by atoms with Crippen molar-refractivity contribution >= 4 is 16.6 Å². The summed E-state index contributed by atoms with van der Waals surface area (Å²) in [6, 6.07) is 26.4. The van der Waals surface area contributed by atoms with Gasteiger partial charge in [-0.15, -0.1) is 5.10 Å². The van der Waals surface area contributed by atoms with Gasteiger partial charge in [0.15, 0.2) is 5.82 Å². The molecule has 1 N–H and O–H groups in total. The SMILES string of the molecule is CCc1ccc2[nH]c(=O)c([C@H](c3nnnn3CCc3ccccc3)N3CCN(c4ccc(OC)cc4)CC3)cc2c1. The van der Waals surface area contributed by atoms with Gasteiger partial charge in [0, 0.05) is 49.5 Å². The third-order valence-electron chi connectivity index (χ3n) is 8.02. The Morgan fingerprint density at radius 2 is 1.71 bits per heavy atom. The first-order valence-electron chi connectivity index (χ1n) is 14.2. The van der Waals surface area contributed by atoms with E-state index in [1.54, 1.807) is 7.11 Å². The van der Waals surface area contributed by atoms with E-state index in [1.807, 2.05) is 47.1 Å². The summed E-state index contributed by atoms with van der Waals surface area (Å²) in [5.41, 5.74) is 5.00. The quantitative estimate of drug-likeness (QED) is 0.294. The molecule has 0 bridgehead atoms. The molecule has 5 aromatic rings. The average molecular weight is 550 g/mol. The monoisotopic (exact) mass is 549 g/mol. The maximum atomic E-state index is 13.6. The van der Waals surface area contributed by atoms with E-state index in [0.29, 0.717) is 17.9 Å². The van der Waals surface area contributed by atoms with Gasteiger partial charge < -0.3 is 14.6 Å². The summed E-state index contributed by atoms with van der Waals surface area (Å²) in [6.07, 6.45) is 1.73. The summed E-state index contributed by atoms with van der Waals surface area (Å²) >= 11 is 0. The lowest BCUT2D eigenvalue weighted by Crippen LogP contribution is -2.49. The molecule has 1 aliphatic heterocycles. The summed E-state index contributed by atoms with van der Waals surface area (Å²) in [4.78, 5) is 21.5. The number of fused-ring (bicyclic) bond motifs is 1. The van der Waals surface area contributed by atoms with Crippen LogP contribution in [0, 0.1) is 0 Å². The number of tetrazole rings is 1. The van der Waals surface area contributed by atoms with Gasteiger partial charge in [0.05, 0.1) is 7.11 Å². The fourth-order valence-electron chi connectivity index (χ4n) is 5.67. The number of pyridine rings is 1. The summed E-state index contributed by atoms with van der Waals surface area (Å²) in [5, 5.41) is 14.0. The number of hydrogen-bond donors (Lipinski definition) is 1.